The molecule has 0 aromatic carbocycles. The summed E-state index contributed by atoms with van der Waals surface area (Å²) in [5.41, 5.74) is 6.21. The molecule has 1 aromatic heterocycles. The van der Waals surface area contributed by atoms with Crippen molar-refractivity contribution in [3.05, 3.63) is 33.1 Å². The summed E-state index contributed by atoms with van der Waals surface area (Å²) in [5, 5.41) is 22.7. The summed E-state index contributed by atoms with van der Waals surface area (Å²) in [6.07, 6.45) is -1.72. The van der Waals surface area contributed by atoms with Gasteiger partial charge in [0.2, 0.25) is 5.72 Å². The van der Waals surface area contributed by atoms with Gasteiger partial charge in [-0.05, 0) is 5.53 Å². The zero-order chi connectivity index (χ0) is 13.6. The number of nitrogens with zero attached hydrogens (tertiary/aromatic N) is 5. The molecule has 0 spiro atoms. The number of aliphatic hydroxyl groups is 2. The van der Waals surface area contributed by atoms with E-state index in [1.54, 1.807) is 0 Å². The molecule has 3 rings (SSSR count). The van der Waals surface area contributed by atoms with Crippen molar-refractivity contribution < 1.29 is 19.7 Å². The molecule has 1 saturated heterocycles. The number of azide groups is 1. The third-order valence-electron chi connectivity index (χ3n) is 3.14. The van der Waals surface area contributed by atoms with Gasteiger partial charge < -0.3 is 19.7 Å². The largest absolute Gasteiger partial charge is 0.453 e. The van der Waals surface area contributed by atoms with Crippen LogP contribution in [0.3, 0.4) is 0 Å². The van der Waals surface area contributed by atoms with Gasteiger partial charge in [0.15, 0.2) is 12.3 Å². The van der Waals surface area contributed by atoms with Gasteiger partial charge in [0, 0.05) is 17.2 Å². The van der Waals surface area contributed by atoms with E-state index in [-0.39, 0.29) is 6.01 Å². The van der Waals surface area contributed by atoms with Crippen LogP contribution in [-0.2, 0) is 4.74 Å². The van der Waals surface area contributed by atoms with Gasteiger partial charge in [-0.25, -0.2) is 0 Å². The molecule has 1 fully saturated rings. The van der Waals surface area contributed by atoms with E-state index in [1.165, 1.54) is 16.8 Å². The van der Waals surface area contributed by atoms with E-state index in [9.17, 15) is 15.0 Å². The zero-order valence-corrected chi connectivity index (χ0v) is 9.45. The maximum Gasteiger partial charge on any atom is 0.302 e. The Bertz CT molecular complexity index is 626. The Balaban J connectivity index is 2.03. The number of hydrogen-bond acceptors (Lipinski definition) is 7. The molecule has 0 aliphatic carbocycles. The first-order valence-corrected chi connectivity index (χ1v) is 5.40. The Morgan fingerprint density at radius 2 is 2.47 bits per heavy atom. The minimum atomic E-state index is -1.80. The van der Waals surface area contributed by atoms with Crippen molar-refractivity contribution in [3.8, 4) is 6.01 Å². The predicted molar refractivity (Wildman–Crippen MR) is 58.0 cm³/mol. The molecule has 10 nitrogen and oxygen atoms in total. The highest BCUT2D eigenvalue weighted by molar-refractivity contribution is 5.13. The molecule has 0 saturated carbocycles. The molecule has 2 N–H and O–H groups in total. The third-order valence-corrected chi connectivity index (χ3v) is 3.14. The highest BCUT2D eigenvalue weighted by atomic mass is 16.6. The van der Waals surface area contributed by atoms with Gasteiger partial charge >= 0.3 is 6.01 Å². The predicted octanol–water partition coefficient (Wildman–Crippen LogP) is -1.11. The lowest BCUT2D eigenvalue weighted by atomic mass is 10.1. The van der Waals surface area contributed by atoms with Gasteiger partial charge in [-0.2, -0.15) is 4.98 Å². The van der Waals surface area contributed by atoms with Gasteiger partial charge in [-0.1, -0.05) is 5.11 Å². The molecule has 3 heterocycles. The topological polar surface area (TPSA) is 143 Å². The van der Waals surface area contributed by atoms with Crippen LogP contribution in [0.5, 0.6) is 6.01 Å². The van der Waals surface area contributed by atoms with Crippen LogP contribution in [0.25, 0.3) is 10.4 Å². The normalized spacial score (nSPS) is 35.2. The first kappa shape index (κ1) is 11.9. The fourth-order valence-corrected chi connectivity index (χ4v) is 2.22. The lowest BCUT2D eigenvalue weighted by Gasteiger charge is -2.25. The number of rotatable bonds is 2. The average molecular weight is 267 g/mol. The molecule has 0 amide bonds. The molecule has 1 aromatic rings. The van der Waals surface area contributed by atoms with Crippen molar-refractivity contribution in [1.29, 1.82) is 0 Å². The van der Waals surface area contributed by atoms with Crippen LogP contribution in [0.1, 0.15) is 6.23 Å². The summed E-state index contributed by atoms with van der Waals surface area (Å²) in [4.78, 5) is 17.3. The minimum Gasteiger partial charge on any atom is -0.453 e. The highest BCUT2D eigenvalue weighted by Gasteiger charge is 2.59. The van der Waals surface area contributed by atoms with Crippen molar-refractivity contribution in [2.75, 3.05) is 6.61 Å². The first-order valence-electron chi connectivity index (χ1n) is 5.40. The van der Waals surface area contributed by atoms with E-state index in [0.717, 1.165) is 0 Å². The number of aromatic nitrogens is 2. The molecule has 0 bridgehead atoms. The van der Waals surface area contributed by atoms with Gasteiger partial charge in [0.1, 0.15) is 6.10 Å². The second-order valence-corrected chi connectivity index (χ2v) is 4.18. The maximum atomic E-state index is 11.1. The number of ether oxygens (including phenoxy) is 2. The van der Waals surface area contributed by atoms with Crippen LogP contribution < -0.4 is 10.3 Å². The minimum absolute atomic E-state index is 0.00836. The average Bonchev–Trinajstić information content (AvgIpc) is 2.86. The van der Waals surface area contributed by atoms with Crippen molar-refractivity contribution in [2.45, 2.75) is 24.2 Å². The van der Waals surface area contributed by atoms with Crippen LogP contribution in [0.2, 0.25) is 0 Å². The number of fused-ring (bicyclic) bond motifs is 3. The number of hydrogen-bond donors (Lipinski definition) is 2. The smallest absolute Gasteiger partial charge is 0.302 e. The Morgan fingerprint density at radius 3 is 3.16 bits per heavy atom. The molecule has 19 heavy (non-hydrogen) atoms. The quantitative estimate of drug-likeness (QED) is 0.395. The monoisotopic (exact) mass is 267 g/mol. The third kappa shape index (κ3) is 1.52. The van der Waals surface area contributed by atoms with Crippen LogP contribution in [-0.4, -0.2) is 44.3 Å². The zero-order valence-electron chi connectivity index (χ0n) is 9.45. The second kappa shape index (κ2) is 3.93. The maximum absolute atomic E-state index is 11.1. The lowest BCUT2D eigenvalue weighted by molar-refractivity contribution is -0.123. The van der Waals surface area contributed by atoms with Crippen molar-refractivity contribution in [2.24, 2.45) is 5.11 Å². The first-order chi connectivity index (χ1) is 9.11. The van der Waals surface area contributed by atoms with Crippen LogP contribution in [0.15, 0.2) is 22.2 Å². The van der Waals surface area contributed by atoms with E-state index >= 15 is 0 Å². The molecular formula is C9H9N5O5. The standard InChI is InChI=1S/C9H9N5O5/c10-13-12-9(3-15)6(17)5-7(19-9)14-2-1-4(16)11-8(14)18-5/h1-2,5-7,15,17H,3H2/t5?,6?,7?,9-/m1/s1. The molecule has 10 heteroatoms. The molecule has 2 aliphatic rings. The highest BCUT2D eigenvalue weighted by Crippen LogP contribution is 2.44. The molecule has 3 unspecified atom stereocenters. The van der Waals surface area contributed by atoms with Crippen molar-refractivity contribution in [1.82, 2.24) is 9.55 Å². The van der Waals surface area contributed by atoms with Crippen LogP contribution >= 0.6 is 0 Å². The molecular weight excluding hydrogens is 258 g/mol. The van der Waals surface area contributed by atoms with Crippen molar-refractivity contribution in [3.63, 3.8) is 0 Å². The Labute approximate surface area is 105 Å². The van der Waals surface area contributed by atoms with E-state index in [4.69, 9.17) is 15.0 Å². The van der Waals surface area contributed by atoms with E-state index in [2.05, 4.69) is 15.0 Å². The molecule has 4 atom stereocenters. The molecule has 0 radical (unpaired) electrons. The fraction of sp³-hybridized carbons (Fsp3) is 0.556. The Kier molecular flexibility index (Phi) is 2.47. The van der Waals surface area contributed by atoms with Gasteiger partial charge in [0.25, 0.3) is 5.56 Å². The van der Waals surface area contributed by atoms with Gasteiger partial charge in [0.05, 0.1) is 6.61 Å². The van der Waals surface area contributed by atoms with E-state index in [1.807, 2.05) is 0 Å². The SMILES string of the molecule is [N-]=[N+]=N[C@]1(CO)OC2C(Oc3nc(=O)ccn32)C1O. The summed E-state index contributed by atoms with van der Waals surface area (Å²) in [6.45, 7) is -0.697. The van der Waals surface area contributed by atoms with Gasteiger partial charge in [-0.3, -0.25) is 9.36 Å². The summed E-state index contributed by atoms with van der Waals surface area (Å²) < 4.78 is 12.1. The summed E-state index contributed by atoms with van der Waals surface area (Å²) >= 11 is 0. The molecule has 2 aliphatic heterocycles. The van der Waals surface area contributed by atoms with Gasteiger partial charge in [-0.15, -0.1) is 0 Å². The van der Waals surface area contributed by atoms with E-state index in [0.29, 0.717) is 0 Å². The van der Waals surface area contributed by atoms with Crippen molar-refractivity contribution >= 4 is 0 Å². The second-order valence-electron chi connectivity index (χ2n) is 4.18. The molecule has 100 valence electrons. The summed E-state index contributed by atoms with van der Waals surface area (Å²) in [7, 11) is 0. The Morgan fingerprint density at radius 1 is 1.68 bits per heavy atom. The van der Waals surface area contributed by atoms with E-state index < -0.39 is 36.3 Å². The summed E-state index contributed by atoms with van der Waals surface area (Å²) in [5.74, 6) is 0. The number of aliphatic hydroxyl groups excluding tert-OH is 2. The fourth-order valence-electron chi connectivity index (χ4n) is 2.22. The lowest BCUT2D eigenvalue weighted by Crippen LogP contribution is -2.45. The van der Waals surface area contributed by atoms with Crippen LogP contribution in [0.4, 0.5) is 0 Å². The van der Waals surface area contributed by atoms with Crippen LogP contribution in [0, 0.1) is 0 Å². The summed E-state index contributed by atoms with van der Waals surface area (Å²) in [6, 6.07) is 1.21. The Hall–Kier alpha value is -2.13.